The Bertz CT molecular complexity index is 248. The van der Waals surface area contributed by atoms with Crippen molar-refractivity contribution in [1.82, 2.24) is 5.32 Å². The summed E-state index contributed by atoms with van der Waals surface area (Å²) in [6.07, 6.45) is 7.94. The van der Waals surface area contributed by atoms with E-state index in [1.165, 1.54) is 24.8 Å². The Balaban J connectivity index is 2.20. The molecule has 92 valence electrons. The van der Waals surface area contributed by atoms with Crippen molar-refractivity contribution in [3.05, 3.63) is 11.6 Å². The number of carbonyl (C=O) groups is 1. The van der Waals surface area contributed by atoms with Crippen LogP contribution in [0, 0.1) is 0 Å². The van der Waals surface area contributed by atoms with Gasteiger partial charge in [0.15, 0.2) is 0 Å². The fourth-order valence-electron chi connectivity index (χ4n) is 2.01. The van der Waals surface area contributed by atoms with Crippen LogP contribution >= 0.6 is 0 Å². The van der Waals surface area contributed by atoms with E-state index in [2.05, 4.69) is 11.4 Å². The van der Waals surface area contributed by atoms with Crippen molar-refractivity contribution in [3.63, 3.8) is 0 Å². The molecule has 1 unspecified atom stereocenters. The van der Waals surface area contributed by atoms with Gasteiger partial charge >= 0.3 is 5.97 Å². The first-order chi connectivity index (χ1) is 7.77. The first-order valence-corrected chi connectivity index (χ1v) is 6.35. The van der Waals surface area contributed by atoms with E-state index in [-0.39, 0.29) is 12.0 Å². The van der Waals surface area contributed by atoms with Gasteiger partial charge in [0.1, 0.15) is 6.04 Å². The lowest BCUT2D eigenvalue weighted by atomic mass is 10.1. The monoisotopic (exact) mass is 225 g/mol. The van der Waals surface area contributed by atoms with Crippen LogP contribution in [0.3, 0.4) is 0 Å². The summed E-state index contributed by atoms with van der Waals surface area (Å²) in [5.74, 6) is -0.120. The SMILES string of the molecule is CCOC(=O)C(CC)NCCC1=CCCC1. The molecule has 3 heteroatoms. The summed E-state index contributed by atoms with van der Waals surface area (Å²) >= 11 is 0. The summed E-state index contributed by atoms with van der Waals surface area (Å²) in [6, 6.07) is -0.137. The third-order valence-corrected chi connectivity index (χ3v) is 2.95. The van der Waals surface area contributed by atoms with E-state index >= 15 is 0 Å². The van der Waals surface area contributed by atoms with E-state index < -0.39 is 0 Å². The van der Waals surface area contributed by atoms with E-state index in [1.54, 1.807) is 0 Å². The molecule has 0 aromatic rings. The van der Waals surface area contributed by atoms with Gasteiger partial charge in [0.25, 0.3) is 0 Å². The minimum atomic E-state index is -0.137. The van der Waals surface area contributed by atoms with E-state index in [4.69, 9.17) is 4.74 Å². The molecular formula is C13H23NO2. The van der Waals surface area contributed by atoms with E-state index in [0.717, 1.165) is 19.4 Å². The van der Waals surface area contributed by atoms with Gasteiger partial charge in [0.2, 0.25) is 0 Å². The molecule has 1 rings (SSSR count). The number of allylic oxidation sites excluding steroid dienone is 1. The van der Waals surface area contributed by atoms with Gasteiger partial charge < -0.3 is 10.1 Å². The predicted octanol–water partition coefficient (Wildman–Crippen LogP) is 2.42. The average Bonchev–Trinajstić information content (AvgIpc) is 2.77. The summed E-state index contributed by atoms with van der Waals surface area (Å²) < 4.78 is 5.00. The highest BCUT2D eigenvalue weighted by Crippen LogP contribution is 2.19. The number of esters is 1. The van der Waals surface area contributed by atoms with Crippen LogP contribution in [0.5, 0.6) is 0 Å². The third-order valence-electron chi connectivity index (χ3n) is 2.95. The zero-order chi connectivity index (χ0) is 11.8. The van der Waals surface area contributed by atoms with Crippen molar-refractivity contribution in [3.8, 4) is 0 Å². The molecule has 0 aliphatic heterocycles. The highest BCUT2D eigenvalue weighted by molar-refractivity contribution is 5.75. The van der Waals surface area contributed by atoms with Crippen molar-refractivity contribution >= 4 is 5.97 Å². The molecule has 1 atom stereocenters. The molecule has 0 spiro atoms. The minimum absolute atomic E-state index is 0.120. The molecule has 3 nitrogen and oxygen atoms in total. The molecule has 0 aromatic heterocycles. The van der Waals surface area contributed by atoms with Gasteiger partial charge in [-0.25, -0.2) is 0 Å². The lowest BCUT2D eigenvalue weighted by molar-refractivity contribution is -0.145. The lowest BCUT2D eigenvalue weighted by Crippen LogP contribution is -2.38. The fraction of sp³-hybridized carbons (Fsp3) is 0.769. The van der Waals surface area contributed by atoms with E-state index in [0.29, 0.717) is 6.61 Å². The second-order valence-corrected chi connectivity index (χ2v) is 4.17. The van der Waals surface area contributed by atoms with Crippen molar-refractivity contribution in [2.75, 3.05) is 13.2 Å². The summed E-state index contributed by atoms with van der Waals surface area (Å²) in [5, 5.41) is 3.27. The maximum atomic E-state index is 11.5. The second kappa shape index (κ2) is 7.44. The summed E-state index contributed by atoms with van der Waals surface area (Å²) in [5.41, 5.74) is 1.53. The normalized spacial score (nSPS) is 17.0. The average molecular weight is 225 g/mol. The number of ether oxygens (including phenoxy) is 1. The van der Waals surface area contributed by atoms with Crippen molar-refractivity contribution in [2.45, 2.75) is 52.0 Å². The van der Waals surface area contributed by atoms with Crippen LogP contribution in [-0.4, -0.2) is 25.2 Å². The summed E-state index contributed by atoms with van der Waals surface area (Å²) in [7, 11) is 0. The quantitative estimate of drug-likeness (QED) is 0.534. The Kier molecular flexibility index (Phi) is 6.16. The first-order valence-electron chi connectivity index (χ1n) is 6.35. The number of hydrogen-bond donors (Lipinski definition) is 1. The molecule has 1 aliphatic carbocycles. The van der Waals surface area contributed by atoms with Crippen LogP contribution in [0.1, 0.15) is 46.0 Å². The fourth-order valence-corrected chi connectivity index (χ4v) is 2.01. The Morgan fingerprint density at radius 3 is 2.94 bits per heavy atom. The van der Waals surface area contributed by atoms with Gasteiger partial charge in [-0.05, 0) is 45.6 Å². The number of rotatable bonds is 7. The van der Waals surface area contributed by atoms with Crippen LogP contribution in [0.15, 0.2) is 11.6 Å². The molecular weight excluding hydrogens is 202 g/mol. The Hall–Kier alpha value is -0.830. The molecule has 0 bridgehead atoms. The maximum Gasteiger partial charge on any atom is 0.323 e. The topological polar surface area (TPSA) is 38.3 Å². The molecule has 0 saturated carbocycles. The molecule has 0 radical (unpaired) electrons. The van der Waals surface area contributed by atoms with Crippen LogP contribution < -0.4 is 5.32 Å². The summed E-state index contributed by atoms with van der Waals surface area (Å²) in [4.78, 5) is 11.5. The highest BCUT2D eigenvalue weighted by atomic mass is 16.5. The molecule has 1 N–H and O–H groups in total. The van der Waals surface area contributed by atoms with Gasteiger partial charge in [0, 0.05) is 0 Å². The molecule has 0 heterocycles. The van der Waals surface area contributed by atoms with Gasteiger partial charge in [-0.15, -0.1) is 0 Å². The van der Waals surface area contributed by atoms with Gasteiger partial charge in [-0.2, -0.15) is 0 Å². The number of nitrogens with one attached hydrogen (secondary N) is 1. The van der Waals surface area contributed by atoms with Crippen LogP contribution in [0.2, 0.25) is 0 Å². The van der Waals surface area contributed by atoms with Gasteiger partial charge in [-0.3, -0.25) is 4.79 Å². The third kappa shape index (κ3) is 4.35. The van der Waals surface area contributed by atoms with Crippen molar-refractivity contribution < 1.29 is 9.53 Å². The van der Waals surface area contributed by atoms with Crippen molar-refractivity contribution in [1.29, 1.82) is 0 Å². The summed E-state index contributed by atoms with van der Waals surface area (Å²) in [6.45, 7) is 5.18. The van der Waals surface area contributed by atoms with Crippen LogP contribution in [0.25, 0.3) is 0 Å². The van der Waals surface area contributed by atoms with Crippen molar-refractivity contribution in [2.24, 2.45) is 0 Å². The molecule has 0 saturated heterocycles. The standard InChI is InChI=1S/C13H23NO2/c1-3-12(13(15)16-4-2)14-10-9-11-7-5-6-8-11/h7,12,14H,3-6,8-10H2,1-2H3. The Morgan fingerprint density at radius 2 is 2.38 bits per heavy atom. The molecule has 0 amide bonds. The predicted molar refractivity (Wildman–Crippen MR) is 65.3 cm³/mol. The number of carbonyl (C=O) groups excluding carboxylic acids is 1. The van der Waals surface area contributed by atoms with Gasteiger partial charge in [-0.1, -0.05) is 18.6 Å². The number of hydrogen-bond acceptors (Lipinski definition) is 3. The Labute approximate surface area is 98.2 Å². The zero-order valence-corrected chi connectivity index (χ0v) is 10.4. The smallest absolute Gasteiger partial charge is 0.323 e. The highest BCUT2D eigenvalue weighted by Gasteiger charge is 2.16. The Morgan fingerprint density at radius 1 is 1.56 bits per heavy atom. The van der Waals surface area contributed by atoms with Crippen LogP contribution in [0.4, 0.5) is 0 Å². The van der Waals surface area contributed by atoms with Crippen LogP contribution in [-0.2, 0) is 9.53 Å². The van der Waals surface area contributed by atoms with E-state index in [9.17, 15) is 4.79 Å². The molecule has 16 heavy (non-hydrogen) atoms. The molecule has 1 aliphatic rings. The minimum Gasteiger partial charge on any atom is -0.465 e. The maximum absolute atomic E-state index is 11.5. The first kappa shape index (κ1) is 13.2. The lowest BCUT2D eigenvalue weighted by Gasteiger charge is -2.15. The zero-order valence-electron chi connectivity index (χ0n) is 10.4. The molecule has 0 aromatic carbocycles. The second-order valence-electron chi connectivity index (χ2n) is 4.17. The largest absolute Gasteiger partial charge is 0.465 e. The molecule has 0 fully saturated rings. The van der Waals surface area contributed by atoms with E-state index in [1.807, 2.05) is 13.8 Å². The van der Waals surface area contributed by atoms with Gasteiger partial charge in [0.05, 0.1) is 6.61 Å².